The summed E-state index contributed by atoms with van der Waals surface area (Å²) in [5.41, 5.74) is 0.438. The van der Waals surface area contributed by atoms with Gasteiger partial charge in [0.05, 0.1) is 11.8 Å². The van der Waals surface area contributed by atoms with Crippen LogP contribution in [0.3, 0.4) is 0 Å². The van der Waals surface area contributed by atoms with Gasteiger partial charge in [-0.2, -0.15) is 5.10 Å². The van der Waals surface area contributed by atoms with Crippen molar-refractivity contribution in [2.75, 3.05) is 13.1 Å². The van der Waals surface area contributed by atoms with Crippen LogP contribution in [-0.2, 0) is 4.79 Å². The first-order valence-corrected chi connectivity index (χ1v) is 6.27. The van der Waals surface area contributed by atoms with Gasteiger partial charge < -0.3 is 10.2 Å². The third-order valence-electron chi connectivity index (χ3n) is 3.15. The van der Waals surface area contributed by atoms with Gasteiger partial charge in [-0.3, -0.25) is 14.7 Å². The molecule has 2 rings (SSSR count). The molecule has 2 N–H and O–H groups in total. The molecule has 1 aromatic rings. The molecule has 1 fully saturated rings. The maximum atomic E-state index is 12.1. The number of hydrogen-bond donors (Lipinski definition) is 2. The van der Waals surface area contributed by atoms with E-state index in [1.54, 1.807) is 6.92 Å². The molecule has 0 radical (unpaired) electrons. The largest absolute Gasteiger partial charge is 0.341 e. The molecule has 0 aromatic carbocycles. The summed E-state index contributed by atoms with van der Waals surface area (Å²) in [7, 11) is 0. The molecule has 18 heavy (non-hydrogen) atoms. The second-order valence-electron chi connectivity index (χ2n) is 4.57. The summed E-state index contributed by atoms with van der Waals surface area (Å²) in [6.45, 7) is 3.31. The summed E-state index contributed by atoms with van der Waals surface area (Å²) in [6.07, 6.45) is 6.22. The van der Waals surface area contributed by atoms with Gasteiger partial charge in [-0.05, 0) is 26.2 Å². The molecule has 0 saturated carbocycles. The average Bonchev–Trinajstić information content (AvgIpc) is 2.92. The molecule has 1 aliphatic rings. The Labute approximate surface area is 106 Å². The molecule has 6 heteroatoms. The highest BCUT2D eigenvalue weighted by atomic mass is 16.2. The number of carbonyl (C=O) groups is 2. The van der Waals surface area contributed by atoms with Crippen LogP contribution >= 0.6 is 0 Å². The number of hydrogen-bond acceptors (Lipinski definition) is 3. The average molecular weight is 250 g/mol. The Morgan fingerprint density at radius 3 is 2.72 bits per heavy atom. The monoisotopic (exact) mass is 250 g/mol. The molecule has 1 aliphatic heterocycles. The van der Waals surface area contributed by atoms with Crippen molar-refractivity contribution in [3.05, 3.63) is 18.0 Å². The predicted molar refractivity (Wildman–Crippen MR) is 65.9 cm³/mol. The van der Waals surface area contributed by atoms with E-state index in [9.17, 15) is 9.59 Å². The normalized spacial score (nSPS) is 17.3. The quantitative estimate of drug-likeness (QED) is 0.822. The lowest BCUT2D eigenvalue weighted by Gasteiger charge is -2.29. The smallest absolute Gasteiger partial charge is 0.255 e. The van der Waals surface area contributed by atoms with Crippen molar-refractivity contribution in [1.82, 2.24) is 20.4 Å². The zero-order valence-electron chi connectivity index (χ0n) is 10.5. The van der Waals surface area contributed by atoms with E-state index in [-0.39, 0.29) is 11.8 Å². The summed E-state index contributed by atoms with van der Waals surface area (Å²) in [6, 6.07) is -0.495. The molecule has 2 heterocycles. The maximum Gasteiger partial charge on any atom is 0.255 e. The zero-order valence-corrected chi connectivity index (χ0v) is 10.5. The van der Waals surface area contributed by atoms with Gasteiger partial charge in [-0.15, -0.1) is 0 Å². The van der Waals surface area contributed by atoms with Crippen LogP contribution in [0.4, 0.5) is 0 Å². The Morgan fingerprint density at radius 2 is 2.11 bits per heavy atom. The van der Waals surface area contributed by atoms with Crippen LogP contribution in [0.1, 0.15) is 36.5 Å². The highest BCUT2D eigenvalue weighted by Gasteiger charge is 2.23. The lowest BCUT2D eigenvalue weighted by atomic mass is 10.1. The molecule has 1 aromatic heterocycles. The van der Waals surface area contributed by atoms with E-state index in [0.717, 1.165) is 25.9 Å². The van der Waals surface area contributed by atoms with Gasteiger partial charge in [-0.25, -0.2) is 0 Å². The molecule has 98 valence electrons. The van der Waals surface area contributed by atoms with E-state index in [1.807, 2.05) is 4.90 Å². The molecule has 1 unspecified atom stereocenters. The van der Waals surface area contributed by atoms with Gasteiger partial charge >= 0.3 is 0 Å². The van der Waals surface area contributed by atoms with Gasteiger partial charge in [0.1, 0.15) is 6.04 Å². The Hall–Kier alpha value is -1.85. The van der Waals surface area contributed by atoms with Crippen LogP contribution in [0.5, 0.6) is 0 Å². The lowest BCUT2D eigenvalue weighted by Crippen LogP contribution is -2.48. The standard InChI is InChI=1S/C12H18N4O2/c1-9(12(18)16-5-3-2-4-6-16)15-11(17)10-7-13-14-8-10/h7-9H,2-6H2,1H3,(H,13,14)(H,15,17). The summed E-state index contributed by atoms with van der Waals surface area (Å²) in [5.74, 6) is -0.284. The van der Waals surface area contributed by atoms with E-state index in [0.29, 0.717) is 5.56 Å². The van der Waals surface area contributed by atoms with Gasteiger partial charge in [0.2, 0.25) is 5.91 Å². The number of amides is 2. The third kappa shape index (κ3) is 2.88. The molecule has 0 spiro atoms. The fraction of sp³-hybridized carbons (Fsp3) is 0.583. The van der Waals surface area contributed by atoms with Crippen molar-refractivity contribution in [2.24, 2.45) is 0 Å². The Kier molecular flexibility index (Phi) is 3.96. The van der Waals surface area contributed by atoms with E-state index < -0.39 is 6.04 Å². The first-order valence-electron chi connectivity index (χ1n) is 6.27. The van der Waals surface area contributed by atoms with Gasteiger partial charge in [-0.1, -0.05) is 0 Å². The number of nitrogens with zero attached hydrogens (tertiary/aromatic N) is 2. The third-order valence-corrected chi connectivity index (χ3v) is 3.15. The number of carbonyl (C=O) groups excluding carboxylic acids is 2. The van der Waals surface area contributed by atoms with Gasteiger partial charge in [0.15, 0.2) is 0 Å². The van der Waals surface area contributed by atoms with E-state index >= 15 is 0 Å². The minimum absolute atomic E-state index is 0.00783. The molecular weight excluding hydrogens is 232 g/mol. The second-order valence-corrected chi connectivity index (χ2v) is 4.57. The number of likely N-dealkylation sites (tertiary alicyclic amines) is 1. The predicted octanol–water partition coefficient (Wildman–Crippen LogP) is 0.540. The Bertz CT molecular complexity index is 410. The number of rotatable bonds is 3. The minimum Gasteiger partial charge on any atom is -0.341 e. The van der Waals surface area contributed by atoms with E-state index in [1.165, 1.54) is 18.8 Å². The van der Waals surface area contributed by atoms with Crippen molar-refractivity contribution in [2.45, 2.75) is 32.2 Å². The molecule has 6 nitrogen and oxygen atoms in total. The lowest BCUT2D eigenvalue weighted by molar-refractivity contribution is -0.133. The SMILES string of the molecule is CC(NC(=O)c1cn[nH]c1)C(=O)N1CCCCC1. The van der Waals surface area contributed by atoms with Crippen molar-refractivity contribution in [3.63, 3.8) is 0 Å². The maximum absolute atomic E-state index is 12.1. The van der Waals surface area contributed by atoms with E-state index in [4.69, 9.17) is 0 Å². The van der Waals surface area contributed by atoms with Crippen LogP contribution in [0.25, 0.3) is 0 Å². The number of aromatic nitrogens is 2. The van der Waals surface area contributed by atoms with Crippen molar-refractivity contribution < 1.29 is 9.59 Å². The highest BCUT2D eigenvalue weighted by molar-refractivity contribution is 5.97. The number of aromatic amines is 1. The van der Waals surface area contributed by atoms with Crippen LogP contribution in [0.15, 0.2) is 12.4 Å². The first-order chi connectivity index (χ1) is 8.68. The minimum atomic E-state index is -0.495. The zero-order chi connectivity index (χ0) is 13.0. The van der Waals surface area contributed by atoms with Crippen LogP contribution < -0.4 is 5.32 Å². The molecular formula is C12H18N4O2. The number of nitrogens with one attached hydrogen (secondary N) is 2. The summed E-state index contributed by atoms with van der Waals surface area (Å²) in [5, 5.41) is 8.96. The molecule has 1 saturated heterocycles. The van der Waals surface area contributed by atoms with Crippen LogP contribution in [0, 0.1) is 0 Å². The van der Waals surface area contributed by atoms with E-state index in [2.05, 4.69) is 15.5 Å². The summed E-state index contributed by atoms with van der Waals surface area (Å²) >= 11 is 0. The number of H-pyrrole nitrogens is 1. The first kappa shape index (κ1) is 12.6. The fourth-order valence-corrected chi connectivity index (χ4v) is 2.10. The topological polar surface area (TPSA) is 78.1 Å². The summed E-state index contributed by atoms with van der Waals surface area (Å²) < 4.78 is 0. The Morgan fingerprint density at radius 1 is 1.39 bits per heavy atom. The van der Waals surface area contributed by atoms with Gasteiger partial charge in [0, 0.05) is 19.3 Å². The molecule has 1 atom stereocenters. The van der Waals surface area contributed by atoms with Crippen molar-refractivity contribution >= 4 is 11.8 Å². The highest BCUT2D eigenvalue weighted by Crippen LogP contribution is 2.10. The van der Waals surface area contributed by atoms with Crippen molar-refractivity contribution in [3.8, 4) is 0 Å². The van der Waals surface area contributed by atoms with Gasteiger partial charge in [0.25, 0.3) is 5.91 Å². The number of piperidine rings is 1. The molecule has 0 aliphatic carbocycles. The summed E-state index contributed by atoms with van der Waals surface area (Å²) in [4.78, 5) is 25.7. The van der Waals surface area contributed by atoms with Crippen LogP contribution in [0.2, 0.25) is 0 Å². The fourth-order valence-electron chi connectivity index (χ4n) is 2.10. The molecule has 2 amide bonds. The Balaban J connectivity index is 1.88. The van der Waals surface area contributed by atoms with Crippen molar-refractivity contribution in [1.29, 1.82) is 0 Å². The second kappa shape index (κ2) is 5.66. The van der Waals surface area contributed by atoms with Crippen LogP contribution in [-0.4, -0.2) is 46.0 Å². The molecule has 0 bridgehead atoms.